The number of nitrogens with one attached hydrogen (secondary N) is 2. The molecule has 1 aliphatic rings. The molecule has 0 unspecified atom stereocenters. The van der Waals surface area contributed by atoms with Gasteiger partial charge in [0.15, 0.2) is 0 Å². The second kappa shape index (κ2) is 5.45. The molecule has 1 aromatic carbocycles. The maximum absolute atomic E-state index is 11.3. The van der Waals surface area contributed by atoms with Crippen molar-refractivity contribution >= 4 is 29.0 Å². The Labute approximate surface area is 106 Å². The molecule has 0 bridgehead atoms. The first-order valence-electron chi connectivity index (χ1n) is 6.06. The van der Waals surface area contributed by atoms with Crippen molar-refractivity contribution in [3.05, 3.63) is 18.2 Å². The van der Waals surface area contributed by atoms with Crippen molar-refractivity contribution in [3.63, 3.8) is 0 Å². The number of fused-ring (bicyclic) bond motifs is 1. The van der Waals surface area contributed by atoms with Crippen LogP contribution < -0.4 is 10.6 Å². The van der Waals surface area contributed by atoms with Crippen LogP contribution in [0.2, 0.25) is 0 Å². The number of hydrogen-bond donors (Lipinski definition) is 2. The molecule has 1 aromatic rings. The Bertz CT molecular complexity index is 416. The fraction of sp³-hybridized carbons (Fsp3) is 0.462. The fourth-order valence-corrected chi connectivity index (χ4v) is 2.69. The second-order valence-electron chi connectivity index (χ2n) is 4.21. The SMILES string of the molecule is CCC(CC)Nc1ccc2c(c1)NC(=O)CS2. The lowest BCUT2D eigenvalue weighted by Gasteiger charge is -2.20. The Hall–Kier alpha value is -1.16. The molecule has 2 N–H and O–H groups in total. The molecule has 1 amide bonds. The van der Waals surface area contributed by atoms with Crippen LogP contribution in [0, 0.1) is 0 Å². The van der Waals surface area contributed by atoms with Crippen molar-refractivity contribution in [2.24, 2.45) is 0 Å². The van der Waals surface area contributed by atoms with Crippen molar-refractivity contribution in [3.8, 4) is 0 Å². The summed E-state index contributed by atoms with van der Waals surface area (Å²) in [5.41, 5.74) is 2.02. The second-order valence-corrected chi connectivity index (χ2v) is 5.22. The summed E-state index contributed by atoms with van der Waals surface area (Å²) in [6, 6.07) is 6.68. The number of anilines is 2. The number of amides is 1. The van der Waals surface area contributed by atoms with E-state index in [0.717, 1.165) is 29.1 Å². The van der Waals surface area contributed by atoms with Gasteiger partial charge in [-0.3, -0.25) is 4.79 Å². The van der Waals surface area contributed by atoms with Crippen LogP contribution in [0.3, 0.4) is 0 Å². The highest BCUT2D eigenvalue weighted by Gasteiger charge is 2.15. The summed E-state index contributed by atoms with van der Waals surface area (Å²) < 4.78 is 0. The molecule has 17 heavy (non-hydrogen) atoms. The first-order valence-corrected chi connectivity index (χ1v) is 7.04. The summed E-state index contributed by atoms with van der Waals surface area (Å²) in [6.45, 7) is 4.36. The van der Waals surface area contributed by atoms with Crippen LogP contribution in [0.5, 0.6) is 0 Å². The minimum Gasteiger partial charge on any atom is -0.382 e. The van der Waals surface area contributed by atoms with Gasteiger partial charge in [-0.25, -0.2) is 0 Å². The molecule has 0 fully saturated rings. The zero-order chi connectivity index (χ0) is 12.3. The maximum Gasteiger partial charge on any atom is 0.234 e. The zero-order valence-electron chi connectivity index (χ0n) is 10.2. The van der Waals surface area contributed by atoms with E-state index < -0.39 is 0 Å². The monoisotopic (exact) mass is 250 g/mol. The third-order valence-electron chi connectivity index (χ3n) is 2.97. The summed E-state index contributed by atoms with van der Waals surface area (Å²) in [7, 11) is 0. The normalized spacial score (nSPS) is 14.4. The lowest BCUT2D eigenvalue weighted by molar-refractivity contribution is -0.113. The van der Waals surface area contributed by atoms with Gasteiger partial charge in [0.05, 0.1) is 11.4 Å². The Balaban J connectivity index is 2.15. The van der Waals surface area contributed by atoms with E-state index in [2.05, 4.69) is 36.6 Å². The first kappa shape index (κ1) is 12.3. The van der Waals surface area contributed by atoms with E-state index in [9.17, 15) is 4.79 Å². The van der Waals surface area contributed by atoms with E-state index in [4.69, 9.17) is 0 Å². The van der Waals surface area contributed by atoms with Crippen molar-refractivity contribution in [1.82, 2.24) is 0 Å². The predicted octanol–water partition coefficient (Wildman–Crippen LogP) is 3.33. The largest absolute Gasteiger partial charge is 0.382 e. The molecular weight excluding hydrogens is 232 g/mol. The summed E-state index contributed by atoms with van der Waals surface area (Å²) in [6.07, 6.45) is 2.21. The Kier molecular flexibility index (Phi) is 3.94. The minimum absolute atomic E-state index is 0.0854. The smallest absolute Gasteiger partial charge is 0.234 e. The van der Waals surface area contributed by atoms with E-state index in [1.807, 2.05) is 6.07 Å². The van der Waals surface area contributed by atoms with E-state index in [1.54, 1.807) is 11.8 Å². The van der Waals surface area contributed by atoms with Gasteiger partial charge in [-0.05, 0) is 31.0 Å². The first-order chi connectivity index (χ1) is 8.22. The van der Waals surface area contributed by atoms with E-state index in [-0.39, 0.29) is 5.91 Å². The topological polar surface area (TPSA) is 41.1 Å². The van der Waals surface area contributed by atoms with Gasteiger partial charge in [-0.15, -0.1) is 11.8 Å². The van der Waals surface area contributed by atoms with Crippen molar-refractivity contribution < 1.29 is 4.79 Å². The molecule has 92 valence electrons. The van der Waals surface area contributed by atoms with Crippen molar-refractivity contribution in [2.75, 3.05) is 16.4 Å². The molecule has 4 heteroatoms. The van der Waals surface area contributed by atoms with Crippen LogP contribution in [-0.2, 0) is 4.79 Å². The van der Waals surface area contributed by atoms with Crippen molar-refractivity contribution in [2.45, 2.75) is 37.6 Å². The fourth-order valence-electron chi connectivity index (χ4n) is 1.90. The lowest BCUT2D eigenvalue weighted by Crippen LogP contribution is -2.20. The van der Waals surface area contributed by atoms with E-state index in [0.29, 0.717) is 11.8 Å². The number of carbonyl (C=O) groups is 1. The molecule has 0 spiro atoms. The van der Waals surface area contributed by atoms with Gasteiger partial charge in [0, 0.05) is 16.6 Å². The number of hydrogen-bond acceptors (Lipinski definition) is 3. The maximum atomic E-state index is 11.3. The molecule has 1 heterocycles. The van der Waals surface area contributed by atoms with Crippen LogP contribution in [0.4, 0.5) is 11.4 Å². The summed E-state index contributed by atoms with van der Waals surface area (Å²) in [5.74, 6) is 0.606. The third-order valence-corrected chi connectivity index (χ3v) is 4.04. The molecular formula is C13H18N2OS. The highest BCUT2D eigenvalue weighted by atomic mass is 32.2. The van der Waals surface area contributed by atoms with Crippen LogP contribution in [0.1, 0.15) is 26.7 Å². The summed E-state index contributed by atoms with van der Waals surface area (Å²) in [5, 5.41) is 6.39. The predicted molar refractivity (Wildman–Crippen MR) is 73.8 cm³/mol. The van der Waals surface area contributed by atoms with E-state index in [1.165, 1.54) is 0 Å². The molecule has 0 atom stereocenters. The molecule has 0 saturated carbocycles. The third kappa shape index (κ3) is 2.94. The Morgan fingerprint density at radius 2 is 2.18 bits per heavy atom. The quantitative estimate of drug-likeness (QED) is 0.861. The van der Waals surface area contributed by atoms with Gasteiger partial charge in [-0.1, -0.05) is 13.8 Å². The average molecular weight is 250 g/mol. The highest BCUT2D eigenvalue weighted by molar-refractivity contribution is 8.00. The van der Waals surface area contributed by atoms with Gasteiger partial charge in [0.2, 0.25) is 5.91 Å². The molecule has 0 aliphatic carbocycles. The number of thioether (sulfide) groups is 1. The highest BCUT2D eigenvalue weighted by Crippen LogP contribution is 2.33. The lowest BCUT2D eigenvalue weighted by atomic mass is 10.1. The number of rotatable bonds is 4. The average Bonchev–Trinajstić information content (AvgIpc) is 2.35. The summed E-state index contributed by atoms with van der Waals surface area (Å²) in [4.78, 5) is 12.5. The molecule has 0 saturated heterocycles. The Morgan fingerprint density at radius 1 is 1.41 bits per heavy atom. The van der Waals surface area contributed by atoms with Crippen LogP contribution in [0.25, 0.3) is 0 Å². The van der Waals surface area contributed by atoms with Gasteiger partial charge in [-0.2, -0.15) is 0 Å². The van der Waals surface area contributed by atoms with Crippen LogP contribution in [-0.4, -0.2) is 17.7 Å². The van der Waals surface area contributed by atoms with Crippen LogP contribution in [0.15, 0.2) is 23.1 Å². The molecule has 3 nitrogen and oxygen atoms in total. The van der Waals surface area contributed by atoms with Gasteiger partial charge in [0.1, 0.15) is 0 Å². The standard InChI is InChI=1S/C13H18N2OS/c1-3-9(4-2)14-10-5-6-12-11(7-10)15-13(16)8-17-12/h5-7,9,14H,3-4,8H2,1-2H3,(H,15,16). The molecule has 0 radical (unpaired) electrons. The Morgan fingerprint density at radius 3 is 2.88 bits per heavy atom. The number of carbonyl (C=O) groups excluding carboxylic acids is 1. The molecule has 1 aliphatic heterocycles. The number of benzene rings is 1. The molecule has 2 rings (SSSR count). The van der Waals surface area contributed by atoms with E-state index >= 15 is 0 Å². The van der Waals surface area contributed by atoms with Gasteiger partial charge >= 0.3 is 0 Å². The zero-order valence-corrected chi connectivity index (χ0v) is 11.1. The summed E-state index contributed by atoms with van der Waals surface area (Å²) >= 11 is 1.60. The molecule has 0 aromatic heterocycles. The van der Waals surface area contributed by atoms with Crippen LogP contribution >= 0.6 is 11.8 Å². The van der Waals surface area contributed by atoms with Gasteiger partial charge < -0.3 is 10.6 Å². The van der Waals surface area contributed by atoms with Gasteiger partial charge in [0.25, 0.3) is 0 Å². The van der Waals surface area contributed by atoms with Crippen molar-refractivity contribution in [1.29, 1.82) is 0 Å². The minimum atomic E-state index is 0.0854.